The summed E-state index contributed by atoms with van der Waals surface area (Å²) in [6, 6.07) is 17.3. The summed E-state index contributed by atoms with van der Waals surface area (Å²) in [5.41, 5.74) is 2.35. The van der Waals surface area contributed by atoms with E-state index in [-0.39, 0.29) is 10.6 Å². The third-order valence-corrected chi connectivity index (χ3v) is 3.42. The molecular weight excluding hydrogens is 264 g/mol. The monoisotopic (exact) mass is 284 g/mol. The molecule has 0 radical (unpaired) electrons. The molecular formula is C17H20N2O2. The number of nitro benzene ring substituents is 1. The molecule has 4 nitrogen and oxygen atoms in total. The summed E-state index contributed by atoms with van der Waals surface area (Å²) >= 11 is 0. The van der Waals surface area contributed by atoms with Crippen molar-refractivity contribution in [1.82, 2.24) is 5.32 Å². The van der Waals surface area contributed by atoms with Crippen LogP contribution in [0.1, 0.15) is 17.5 Å². The lowest BCUT2D eigenvalue weighted by Gasteiger charge is -2.06. The van der Waals surface area contributed by atoms with E-state index in [2.05, 4.69) is 29.6 Å². The number of nitrogens with zero attached hydrogens (tertiary/aromatic N) is 1. The molecule has 2 aromatic rings. The fourth-order valence-corrected chi connectivity index (χ4v) is 2.31. The first-order valence-electron chi connectivity index (χ1n) is 7.24. The van der Waals surface area contributed by atoms with Gasteiger partial charge in [0.25, 0.3) is 5.69 Å². The first-order chi connectivity index (χ1) is 10.3. The van der Waals surface area contributed by atoms with E-state index in [0.717, 1.165) is 31.5 Å². The van der Waals surface area contributed by atoms with Gasteiger partial charge in [0.05, 0.1) is 4.92 Å². The molecule has 1 N–H and O–H groups in total. The van der Waals surface area contributed by atoms with Gasteiger partial charge in [-0.25, -0.2) is 0 Å². The van der Waals surface area contributed by atoms with Gasteiger partial charge in [-0.2, -0.15) is 0 Å². The van der Waals surface area contributed by atoms with Gasteiger partial charge in [-0.15, -0.1) is 0 Å². The number of nitro groups is 1. The predicted octanol–water partition coefficient (Wildman–Crippen LogP) is 3.36. The Morgan fingerprint density at radius 2 is 1.62 bits per heavy atom. The Morgan fingerprint density at radius 1 is 0.905 bits per heavy atom. The Bertz CT molecular complexity index is 570. The molecule has 2 aromatic carbocycles. The Hall–Kier alpha value is -2.20. The van der Waals surface area contributed by atoms with Crippen molar-refractivity contribution in [3.05, 3.63) is 75.8 Å². The average molecular weight is 284 g/mol. The van der Waals surface area contributed by atoms with Crippen LogP contribution in [-0.4, -0.2) is 18.0 Å². The maximum atomic E-state index is 10.9. The van der Waals surface area contributed by atoms with E-state index in [1.807, 2.05) is 18.2 Å². The van der Waals surface area contributed by atoms with Crippen LogP contribution in [-0.2, 0) is 12.8 Å². The van der Waals surface area contributed by atoms with Crippen molar-refractivity contribution in [1.29, 1.82) is 0 Å². The molecule has 0 unspecified atom stereocenters. The lowest BCUT2D eigenvalue weighted by Crippen LogP contribution is -2.19. The van der Waals surface area contributed by atoms with E-state index in [9.17, 15) is 10.1 Å². The number of benzene rings is 2. The molecule has 0 aromatic heterocycles. The zero-order valence-electron chi connectivity index (χ0n) is 12.0. The minimum Gasteiger partial charge on any atom is -0.316 e. The first-order valence-corrected chi connectivity index (χ1v) is 7.24. The molecule has 0 amide bonds. The second-order valence-electron chi connectivity index (χ2n) is 4.97. The van der Waals surface area contributed by atoms with E-state index in [1.54, 1.807) is 12.1 Å². The molecule has 0 saturated heterocycles. The van der Waals surface area contributed by atoms with Gasteiger partial charge in [-0.1, -0.05) is 48.5 Å². The van der Waals surface area contributed by atoms with Gasteiger partial charge in [-0.05, 0) is 37.9 Å². The standard InChI is InChI=1S/C17H20N2O2/c20-19(21)17-11-5-4-10-16(17)12-14-18-13-6-9-15-7-2-1-3-8-15/h1-5,7-8,10-11,18H,6,9,12-14H2. The van der Waals surface area contributed by atoms with E-state index in [0.29, 0.717) is 6.42 Å². The Morgan fingerprint density at radius 3 is 2.38 bits per heavy atom. The van der Waals surface area contributed by atoms with Crippen LogP contribution in [0.5, 0.6) is 0 Å². The van der Waals surface area contributed by atoms with Gasteiger partial charge >= 0.3 is 0 Å². The highest BCUT2D eigenvalue weighted by atomic mass is 16.6. The Labute approximate surface area is 125 Å². The quantitative estimate of drug-likeness (QED) is 0.459. The number of hydrogen-bond acceptors (Lipinski definition) is 3. The van der Waals surface area contributed by atoms with Crippen LogP contribution in [0.2, 0.25) is 0 Å². The highest BCUT2D eigenvalue weighted by Crippen LogP contribution is 2.17. The lowest BCUT2D eigenvalue weighted by molar-refractivity contribution is -0.385. The highest BCUT2D eigenvalue weighted by molar-refractivity contribution is 5.39. The topological polar surface area (TPSA) is 55.2 Å². The van der Waals surface area contributed by atoms with Crippen molar-refractivity contribution in [2.45, 2.75) is 19.3 Å². The molecule has 0 atom stereocenters. The van der Waals surface area contributed by atoms with Crippen molar-refractivity contribution in [3.63, 3.8) is 0 Å². The molecule has 4 heteroatoms. The van der Waals surface area contributed by atoms with Crippen molar-refractivity contribution in [2.75, 3.05) is 13.1 Å². The minimum atomic E-state index is -0.315. The second kappa shape index (κ2) is 8.17. The van der Waals surface area contributed by atoms with Gasteiger partial charge in [0.1, 0.15) is 0 Å². The van der Waals surface area contributed by atoms with Crippen molar-refractivity contribution in [3.8, 4) is 0 Å². The van der Waals surface area contributed by atoms with Gasteiger partial charge in [0, 0.05) is 11.6 Å². The molecule has 0 aliphatic rings. The number of hydrogen-bond donors (Lipinski definition) is 1. The van der Waals surface area contributed by atoms with Crippen molar-refractivity contribution in [2.24, 2.45) is 0 Å². The zero-order valence-corrected chi connectivity index (χ0v) is 12.0. The largest absolute Gasteiger partial charge is 0.316 e. The number of nitrogens with one attached hydrogen (secondary N) is 1. The Kier molecular flexibility index (Phi) is 5.91. The van der Waals surface area contributed by atoms with Gasteiger partial charge < -0.3 is 5.32 Å². The predicted molar refractivity (Wildman–Crippen MR) is 84.4 cm³/mol. The maximum absolute atomic E-state index is 10.9. The summed E-state index contributed by atoms with van der Waals surface area (Å²) in [6.07, 6.45) is 2.81. The van der Waals surface area contributed by atoms with Gasteiger partial charge in [0.2, 0.25) is 0 Å². The molecule has 0 heterocycles. The first kappa shape index (κ1) is 15.2. The van der Waals surface area contributed by atoms with Crippen molar-refractivity contribution < 1.29 is 4.92 Å². The van der Waals surface area contributed by atoms with Crippen LogP contribution >= 0.6 is 0 Å². The fourth-order valence-electron chi connectivity index (χ4n) is 2.31. The smallest absolute Gasteiger partial charge is 0.272 e. The second-order valence-corrected chi connectivity index (χ2v) is 4.97. The summed E-state index contributed by atoms with van der Waals surface area (Å²) in [4.78, 5) is 10.6. The van der Waals surface area contributed by atoms with Gasteiger partial charge in [-0.3, -0.25) is 10.1 Å². The van der Waals surface area contributed by atoms with E-state index in [4.69, 9.17) is 0 Å². The van der Waals surface area contributed by atoms with E-state index >= 15 is 0 Å². The summed E-state index contributed by atoms with van der Waals surface area (Å²) in [5.74, 6) is 0. The molecule has 0 aliphatic carbocycles. The van der Waals surface area contributed by atoms with Crippen LogP contribution in [0.15, 0.2) is 54.6 Å². The highest BCUT2D eigenvalue weighted by Gasteiger charge is 2.10. The fraction of sp³-hybridized carbons (Fsp3) is 0.294. The molecule has 0 spiro atoms. The number of para-hydroxylation sites is 1. The van der Waals surface area contributed by atoms with Crippen LogP contribution < -0.4 is 5.32 Å². The summed E-state index contributed by atoms with van der Waals surface area (Å²) in [5, 5.41) is 14.2. The van der Waals surface area contributed by atoms with Crippen LogP contribution in [0.3, 0.4) is 0 Å². The molecule has 0 fully saturated rings. The summed E-state index contributed by atoms with van der Waals surface area (Å²) in [6.45, 7) is 1.69. The Balaban J connectivity index is 1.67. The number of rotatable bonds is 8. The average Bonchev–Trinajstić information content (AvgIpc) is 2.52. The van der Waals surface area contributed by atoms with Crippen LogP contribution in [0, 0.1) is 10.1 Å². The molecule has 110 valence electrons. The molecule has 2 rings (SSSR count). The SMILES string of the molecule is O=[N+]([O-])c1ccccc1CCNCCCc1ccccc1. The summed E-state index contributed by atoms with van der Waals surface area (Å²) in [7, 11) is 0. The normalized spacial score (nSPS) is 10.5. The molecule has 0 saturated carbocycles. The van der Waals surface area contributed by atoms with Crippen molar-refractivity contribution >= 4 is 5.69 Å². The molecule has 0 aliphatic heterocycles. The maximum Gasteiger partial charge on any atom is 0.272 e. The third-order valence-electron chi connectivity index (χ3n) is 3.42. The molecule has 21 heavy (non-hydrogen) atoms. The number of aryl methyl sites for hydroxylation is 1. The summed E-state index contributed by atoms with van der Waals surface area (Å²) < 4.78 is 0. The van der Waals surface area contributed by atoms with E-state index in [1.165, 1.54) is 5.56 Å². The zero-order chi connectivity index (χ0) is 14.9. The van der Waals surface area contributed by atoms with E-state index < -0.39 is 0 Å². The van der Waals surface area contributed by atoms with Crippen LogP contribution in [0.4, 0.5) is 5.69 Å². The lowest BCUT2D eigenvalue weighted by atomic mass is 10.1. The third kappa shape index (κ3) is 5.00. The minimum absolute atomic E-state index is 0.212. The molecule has 0 bridgehead atoms. The van der Waals surface area contributed by atoms with Gasteiger partial charge in [0.15, 0.2) is 0 Å². The van der Waals surface area contributed by atoms with Crippen LogP contribution in [0.25, 0.3) is 0 Å².